The van der Waals surface area contributed by atoms with Gasteiger partial charge in [0.2, 0.25) is 0 Å². The lowest BCUT2D eigenvalue weighted by molar-refractivity contribution is 0.0569. The van der Waals surface area contributed by atoms with Gasteiger partial charge in [-0.25, -0.2) is 9.97 Å². The van der Waals surface area contributed by atoms with Crippen LogP contribution in [-0.2, 0) is 7.05 Å². The first-order valence-electron chi connectivity index (χ1n) is 9.03. The van der Waals surface area contributed by atoms with Gasteiger partial charge in [-0.1, -0.05) is 30.3 Å². The highest BCUT2D eigenvalue weighted by Gasteiger charge is 2.27. The Morgan fingerprint density at radius 1 is 1.07 bits per heavy atom. The van der Waals surface area contributed by atoms with Gasteiger partial charge >= 0.3 is 6.01 Å². The molecule has 1 aliphatic rings. The highest BCUT2D eigenvalue weighted by Crippen LogP contribution is 2.21. The molecular weight excluding hydrogens is 342 g/mol. The van der Waals surface area contributed by atoms with Crippen LogP contribution in [0.25, 0.3) is 11.3 Å². The van der Waals surface area contributed by atoms with E-state index in [1.54, 1.807) is 23.1 Å². The van der Waals surface area contributed by atoms with E-state index in [4.69, 9.17) is 4.74 Å². The maximum atomic E-state index is 12.9. The molecule has 1 aromatic carbocycles. The maximum absolute atomic E-state index is 12.9. The summed E-state index contributed by atoms with van der Waals surface area (Å²) in [5.74, 6) is 0.00147. The van der Waals surface area contributed by atoms with Crippen LogP contribution in [0.3, 0.4) is 0 Å². The van der Waals surface area contributed by atoms with Crippen molar-refractivity contribution in [3.05, 3.63) is 60.6 Å². The Bertz CT molecular complexity index is 903. The molecule has 1 amide bonds. The van der Waals surface area contributed by atoms with Crippen molar-refractivity contribution in [2.75, 3.05) is 13.1 Å². The van der Waals surface area contributed by atoms with Gasteiger partial charge in [0.05, 0.1) is 5.69 Å². The van der Waals surface area contributed by atoms with Crippen LogP contribution in [-0.4, -0.2) is 49.7 Å². The van der Waals surface area contributed by atoms with E-state index in [1.165, 1.54) is 0 Å². The number of rotatable bonds is 4. The fraction of sp³-hybridized carbons (Fsp3) is 0.300. The number of amides is 1. The van der Waals surface area contributed by atoms with Crippen molar-refractivity contribution >= 4 is 5.91 Å². The maximum Gasteiger partial charge on any atom is 0.316 e. The van der Waals surface area contributed by atoms with Crippen molar-refractivity contribution in [2.24, 2.45) is 7.05 Å². The number of carbonyl (C=O) groups is 1. The molecule has 3 heterocycles. The largest absolute Gasteiger partial charge is 0.460 e. The van der Waals surface area contributed by atoms with E-state index in [-0.39, 0.29) is 12.0 Å². The lowest BCUT2D eigenvalue weighted by Gasteiger charge is -2.31. The van der Waals surface area contributed by atoms with E-state index in [0.717, 1.165) is 24.1 Å². The molecule has 1 saturated heterocycles. The molecule has 0 radical (unpaired) electrons. The molecule has 7 nitrogen and oxygen atoms in total. The predicted molar refractivity (Wildman–Crippen MR) is 100 cm³/mol. The van der Waals surface area contributed by atoms with E-state index < -0.39 is 0 Å². The zero-order valence-electron chi connectivity index (χ0n) is 15.2. The smallest absolute Gasteiger partial charge is 0.316 e. The second-order valence-corrected chi connectivity index (χ2v) is 6.55. The van der Waals surface area contributed by atoms with E-state index >= 15 is 0 Å². The van der Waals surface area contributed by atoms with Crippen molar-refractivity contribution in [2.45, 2.75) is 18.9 Å². The highest BCUT2D eigenvalue weighted by atomic mass is 16.5. The van der Waals surface area contributed by atoms with Crippen LogP contribution in [0.15, 0.2) is 54.9 Å². The molecule has 7 heteroatoms. The summed E-state index contributed by atoms with van der Waals surface area (Å²) in [5, 5.41) is 4.50. The summed E-state index contributed by atoms with van der Waals surface area (Å²) in [7, 11) is 1.81. The number of nitrogens with zero attached hydrogens (tertiary/aromatic N) is 5. The average molecular weight is 363 g/mol. The molecular formula is C20H21N5O2. The number of ether oxygens (including phenoxy) is 1. The van der Waals surface area contributed by atoms with Gasteiger partial charge in [-0.15, -0.1) is 0 Å². The third-order valence-electron chi connectivity index (χ3n) is 4.71. The molecule has 0 saturated carbocycles. The Balaban J connectivity index is 1.40. The van der Waals surface area contributed by atoms with Gasteiger partial charge < -0.3 is 9.64 Å². The summed E-state index contributed by atoms with van der Waals surface area (Å²) < 4.78 is 7.45. The molecule has 0 atom stereocenters. The summed E-state index contributed by atoms with van der Waals surface area (Å²) in [4.78, 5) is 23.0. The number of piperidine rings is 1. The highest BCUT2D eigenvalue weighted by molar-refractivity contribution is 5.93. The Morgan fingerprint density at radius 3 is 2.48 bits per heavy atom. The number of hydrogen-bond donors (Lipinski definition) is 0. The Morgan fingerprint density at radius 2 is 1.78 bits per heavy atom. The third kappa shape index (κ3) is 3.81. The summed E-state index contributed by atoms with van der Waals surface area (Å²) in [5.41, 5.74) is 2.41. The summed E-state index contributed by atoms with van der Waals surface area (Å²) in [6, 6.07) is 13.9. The summed E-state index contributed by atoms with van der Waals surface area (Å²) in [6.45, 7) is 1.28. The number of carbonyl (C=O) groups excluding carboxylic acids is 1. The fourth-order valence-corrected chi connectivity index (χ4v) is 3.25. The molecule has 138 valence electrons. The average Bonchev–Trinajstić information content (AvgIpc) is 3.11. The van der Waals surface area contributed by atoms with E-state index in [9.17, 15) is 4.79 Å². The number of hydrogen-bond acceptors (Lipinski definition) is 5. The van der Waals surface area contributed by atoms with Crippen molar-refractivity contribution in [1.82, 2.24) is 24.6 Å². The second kappa shape index (κ2) is 7.57. The van der Waals surface area contributed by atoms with Crippen LogP contribution < -0.4 is 4.74 Å². The van der Waals surface area contributed by atoms with E-state index in [0.29, 0.717) is 24.8 Å². The van der Waals surface area contributed by atoms with Gasteiger partial charge in [0.25, 0.3) is 5.91 Å². The van der Waals surface area contributed by atoms with Gasteiger partial charge in [-0.3, -0.25) is 9.48 Å². The first-order valence-corrected chi connectivity index (χ1v) is 9.03. The minimum absolute atomic E-state index is 0.00147. The zero-order valence-corrected chi connectivity index (χ0v) is 15.2. The zero-order chi connectivity index (χ0) is 18.6. The Labute approximate surface area is 157 Å². The van der Waals surface area contributed by atoms with Crippen LogP contribution in [0.2, 0.25) is 0 Å². The lowest BCUT2D eigenvalue weighted by atomic mass is 10.1. The van der Waals surface area contributed by atoms with E-state index in [1.807, 2.05) is 48.3 Å². The van der Waals surface area contributed by atoms with E-state index in [2.05, 4.69) is 15.1 Å². The summed E-state index contributed by atoms with van der Waals surface area (Å²) in [6.07, 6.45) is 4.87. The molecule has 0 N–H and O–H groups in total. The molecule has 27 heavy (non-hydrogen) atoms. The van der Waals surface area contributed by atoms with Gasteiger partial charge in [0.1, 0.15) is 11.8 Å². The molecule has 3 aromatic rings. The minimum Gasteiger partial charge on any atom is -0.460 e. The quantitative estimate of drug-likeness (QED) is 0.712. The first-order chi connectivity index (χ1) is 13.2. The van der Waals surface area contributed by atoms with Crippen molar-refractivity contribution in [1.29, 1.82) is 0 Å². The monoisotopic (exact) mass is 363 g/mol. The van der Waals surface area contributed by atoms with Gasteiger partial charge in [-0.2, -0.15) is 5.10 Å². The summed E-state index contributed by atoms with van der Waals surface area (Å²) >= 11 is 0. The predicted octanol–water partition coefficient (Wildman–Crippen LogP) is 2.56. The molecule has 0 aliphatic carbocycles. The fourth-order valence-electron chi connectivity index (χ4n) is 3.25. The second-order valence-electron chi connectivity index (χ2n) is 6.55. The normalized spacial score (nSPS) is 14.9. The van der Waals surface area contributed by atoms with Gasteiger partial charge in [0, 0.05) is 50.9 Å². The van der Waals surface area contributed by atoms with Crippen molar-refractivity contribution < 1.29 is 9.53 Å². The molecule has 1 fully saturated rings. The van der Waals surface area contributed by atoms with Crippen LogP contribution >= 0.6 is 0 Å². The number of benzene rings is 1. The van der Waals surface area contributed by atoms with Crippen LogP contribution in [0.4, 0.5) is 0 Å². The third-order valence-corrected chi connectivity index (χ3v) is 4.71. The number of aromatic nitrogens is 4. The van der Waals surface area contributed by atoms with Crippen molar-refractivity contribution in [3.8, 4) is 17.3 Å². The molecule has 0 spiro atoms. The Kier molecular flexibility index (Phi) is 4.82. The van der Waals surface area contributed by atoms with Gasteiger partial charge in [-0.05, 0) is 12.1 Å². The number of likely N-dealkylation sites (tertiary alicyclic amines) is 1. The van der Waals surface area contributed by atoms with Crippen molar-refractivity contribution in [3.63, 3.8) is 0 Å². The SMILES string of the molecule is Cn1nc(-c2ccccc2)cc1C(=O)N1CCC(Oc2ncccn2)CC1. The molecule has 0 bridgehead atoms. The topological polar surface area (TPSA) is 73.1 Å². The lowest BCUT2D eigenvalue weighted by Crippen LogP contribution is -2.42. The van der Waals surface area contributed by atoms with Crippen LogP contribution in [0, 0.1) is 0 Å². The number of aryl methyl sites for hydroxylation is 1. The van der Waals surface area contributed by atoms with Crippen LogP contribution in [0.5, 0.6) is 6.01 Å². The Hall–Kier alpha value is -3.22. The molecule has 4 rings (SSSR count). The van der Waals surface area contributed by atoms with Crippen LogP contribution in [0.1, 0.15) is 23.3 Å². The van der Waals surface area contributed by atoms with Gasteiger partial charge in [0.15, 0.2) is 0 Å². The molecule has 1 aliphatic heterocycles. The molecule has 2 aromatic heterocycles. The minimum atomic E-state index is 0.00147. The first kappa shape index (κ1) is 17.2. The molecule has 0 unspecified atom stereocenters. The standard InChI is InChI=1S/C20H21N5O2/c1-24-18(14-17(23-24)15-6-3-2-4-7-15)19(26)25-12-8-16(9-13-25)27-20-21-10-5-11-22-20/h2-7,10-11,14,16H,8-9,12-13H2,1H3.